The molecule has 2 N–H and O–H groups in total. The summed E-state index contributed by atoms with van der Waals surface area (Å²) >= 11 is 0. The number of hydrogen-bond acceptors (Lipinski definition) is 3. The van der Waals surface area contributed by atoms with Crippen molar-refractivity contribution in [2.75, 3.05) is 0 Å². The molecule has 4 nitrogen and oxygen atoms in total. The first-order chi connectivity index (χ1) is 4.09. The van der Waals surface area contributed by atoms with Crippen LogP contribution in [0.2, 0.25) is 0 Å². The zero-order chi connectivity index (χ0) is 7.44. The Morgan fingerprint density at radius 1 is 1.67 bits per heavy atom. The fourth-order valence-electron chi connectivity index (χ4n) is 0.264. The number of aliphatic hydroxyl groups excluding tert-OH is 1. The summed E-state index contributed by atoms with van der Waals surface area (Å²) in [6, 6.07) is 0. The number of carboxylic acids is 1. The van der Waals surface area contributed by atoms with E-state index in [-0.39, 0.29) is 6.29 Å². The molecule has 52 valence electrons. The Hall–Kier alpha value is -0.900. The van der Waals surface area contributed by atoms with E-state index >= 15 is 0 Å². The predicted octanol–water partition coefficient (Wildman–Crippen LogP) is -0.733. The van der Waals surface area contributed by atoms with Gasteiger partial charge in [-0.2, -0.15) is 0 Å². The van der Waals surface area contributed by atoms with Gasteiger partial charge in [-0.05, 0) is 6.92 Å². The largest absolute Gasteiger partial charge is 0.481 e. The summed E-state index contributed by atoms with van der Waals surface area (Å²) in [6.45, 7) is 1.27. The van der Waals surface area contributed by atoms with Crippen LogP contribution in [-0.2, 0) is 9.59 Å². The molecule has 0 saturated carbocycles. The Morgan fingerprint density at radius 3 is 2.22 bits per heavy atom. The third-order valence-corrected chi connectivity index (χ3v) is 1.04. The highest BCUT2D eigenvalue weighted by atomic mass is 16.4. The van der Waals surface area contributed by atoms with Crippen molar-refractivity contribution in [1.82, 2.24) is 0 Å². The van der Waals surface area contributed by atoms with Gasteiger partial charge in [-0.1, -0.05) is 0 Å². The van der Waals surface area contributed by atoms with E-state index in [1.807, 2.05) is 0 Å². The van der Waals surface area contributed by atoms with E-state index in [2.05, 4.69) is 0 Å². The van der Waals surface area contributed by atoms with Crippen LogP contribution in [0.3, 0.4) is 0 Å². The number of carboxylic acid groups (broad SMARTS) is 1. The maximum Gasteiger partial charge on any atom is 0.309 e. The molecule has 0 amide bonds. The Balaban J connectivity index is 3.86. The normalized spacial score (nSPS) is 16.2. The number of hydrogen-bond donors (Lipinski definition) is 2. The van der Waals surface area contributed by atoms with Gasteiger partial charge in [0.05, 0.1) is 5.92 Å². The highest BCUT2D eigenvalue weighted by molar-refractivity contribution is 5.75. The van der Waals surface area contributed by atoms with Crippen LogP contribution in [0.5, 0.6) is 0 Å². The monoisotopic (exact) mass is 132 g/mol. The van der Waals surface area contributed by atoms with Crippen molar-refractivity contribution in [1.29, 1.82) is 0 Å². The van der Waals surface area contributed by atoms with Gasteiger partial charge in [0.25, 0.3) is 0 Å². The van der Waals surface area contributed by atoms with E-state index in [1.165, 1.54) is 6.92 Å². The van der Waals surface area contributed by atoms with Crippen molar-refractivity contribution in [2.45, 2.75) is 13.0 Å². The standard InChI is InChI=1S/C5H8O4/c1-3(5(8)9)4(7)2-6/h2-4,7H,1H3,(H,8,9). The van der Waals surface area contributed by atoms with Crippen molar-refractivity contribution in [3.63, 3.8) is 0 Å². The molecule has 0 aliphatic carbocycles. The van der Waals surface area contributed by atoms with Gasteiger partial charge in [-0.3, -0.25) is 4.79 Å². The molecule has 2 unspecified atom stereocenters. The lowest BCUT2D eigenvalue weighted by molar-refractivity contribution is -0.146. The number of aldehydes is 1. The summed E-state index contributed by atoms with van der Waals surface area (Å²) in [5, 5.41) is 16.7. The summed E-state index contributed by atoms with van der Waals surface area (Å²) < 4.78 is 0. The Bertz CT molecular complexity index is 120. The minimum atomic E-state index is -1.39. The third kappa shape index (κ3) is 2.23. The second-order valence-electron chi connectivity index (χ2n) is 1.75. The minimum Gasteiger partial charge on any atom is -0.481 e. The highest BCUT2D eigenvalue weighted by Gasteiger charge is 2.19. The molecule has 0 aromatic rings. The summed E-state index contributed by atoms with van der Waals surface area (Å²) in [5.74, 6) is -2.18. The number of rotatable bonds is 3. The predicted molar refractivity (Wildman–Crippen MR) is 28.9 cm³/mol. The van der Waals surface area contributed by atoms with E-state index in [0.29, 0.717) is 0 Å². The van der Waals surface area contributed by atoms with E-state index in [9.17, 15) is 9.59 Å². The molecule has 0 aliphatic heterocycles. The van der Waals surface area contributed by atoms with Gasteiger partial charge in [-0.15, -0.1) is 0 Å². The van der Waals surface area contributed by atoms with Crippen molar-refractivity contribution < 1.29 is 19.8 Å². The lowest BCUT2D eigenvalue weighted by Crippen LogP contribution is -2.26. The second-order valence-corrected chi connectivity index (χ2v) is 1.75. The fourth-order valence-corrected chi connectivity index (χ4v) is 0.264. The van der Waals surface area contributed by atoms with Crippen LogP contribution >= 0.6 is 0 Å². The van der Waals surface area contributed by atoms with Gasteiger partial charge >= 0.3 is 5.97 Å². The molecular formula is C5H8O4. The lowest BCUT2D eigenvalue weighted by Gasteiger charge is -2.05. The van der Waals surface area contributed by atoms with Gasteiger partial charge in [0.15, 0.2) is 0 Å². The first-order valence-corrected chi connectivity index (χ1v) is 2.45. The summed E-state index contributed by atoms with van der Waals surface area (Å²) in [6.07, 6.45) is -1.18. The quantitative estimate of drug-likeness (QED) is 0.496. The maximum atomic E-state index is 9.98. The van der Waals surface area contributed by atoms with Crippen molar-refractivity contribution >= 4 is 12.3 Å². The third-order valence-electron chi connectivity index (χ3n) is 1.04. The van der Waals surface area contributed by atoms with Crippen LogP contribution < -0.4 is 0 Å². The van der Waals surface area contributed by atoms with Gasteiger partial charge in [0.1, 0.15) is 12.4 Å². The Kier molecular flexibility index (Phi) is 2.87. The average molecular weight is 132 g/mol. The summed E-state index contributed by atoms with van der Waals surface area (Å²) in [5.41, 5.74) is 0. The van der Waals surface area contributed by atoms with E-state index in [0.717, 1.165) is 0 Å². The zero-order valence-electron chi connectivity index (χ0n) is 4.94. The molecule has 4 heteroatoms. The van der Waals surface area contributed by atoms with E-state index < -0.39 is 18.0 Å². The summed E-state index contributed by atoms with van der Waals surface area (Å²) in [7, 11) is 0. The molecular weight excluding hydrogens is 124 g/mol. The lowest BCUT2D eigenvalue weighted by atomic mass is 10.1. The van der Waals surface area contributed by atoms with Gasteiger partial charge in [0.2, 0.25) is 0 Å². The van der Waals surface area contributed by atoms with Gasteiger partial charge in [-0.25, -0.2) is 0 Å². The van der Waals surface area contributed by atoms with Crippen LogP contribution in [0.15, 0.2) is 0 Å². The molecule has 0 spiro atoms. The van der Waals surface area contributed by atoms with E-state index in [4.69, 9.17) is 10.2 Å². The second kappa shape index (κ2) is 3.19. The topological polar surface area (TPSA) is 74.6 Å². The minimum absolute atomic E-state index is 0.207. The van der Waals surface area contributed by atoms with Crippen molar-refractivity contribution in [2.24, 2.45) is 5.92 Å². The number of carbonyl (C=O) groups is 2. The molecule has 0 aliphatic rings. The molecule has 2 atom stereocenters. The molecule has 0 fully saturated rings. The van der Waals surface area contributed by atoms with Gasteiger partial charge < -0.3 is 15.0 Å². The average Bonchev–Trinajstić information content (AvgIpc) is 1.84. The highest BCUT2D eigenvalue weighted by Crippen LogP contribution is 1.98. The van der Waals surface area contributed by atoms with Gasteiger partial charge in [0, 0.05) is 0 Å². The van der Waals surface area contributed by atoms with Crippen molar-refractivity contribution in [3.05, 3.63) is 0 Å². The molecule has 0 aromatic heterocycles. The van der Waals surface area contributed by atoms with E-state index in [1.54, 1.807) is 0 Å². The number of aliphatic hydroxyl groups is 1. The van der Waals surface area contributed by atoms with Crippen LogP contribution in [0.4, 0.5) is 0 Å². The molecule has 0 heterocycles. The Labute approximate surface area is 52.1 Å². The number of carbonyl (C=O) groups excluding carboxylic acids is 1. The summed E-state index contributed by atoms with van der Waals surface area (Å²) in [4.78, 5) is 19.7. The number of aliphatic carboxylic acids is 1. The SMILES string of the molecule is CC(C(=O)O)C(O)C=O. The van der Waals surface area contributed by atoms with Crippen molar-refractivity contribution in [3.8, 4) is 0 Å². The van der Waals surface area contributed by atoms with Crippen LogP contribution in [0.1, 0.15) is 6.92 Å². The Morgan fingerprint density at radius 2 is 2.11 bits per heavy atom. The molecule has 0 aromatic carbocycles. The zero-order valence-corrected chi connectivity index (χ0v) is 4.94. The first-order valence-electron chi connectivity index (χ1n) is 2.45. The van der Waals surface area contributed by atoms with Crippen LogP contribution in [0.25, 0.3) is 0 Å². The molecule has 0 radical (unpaired) electrons. The molecule has 0 rings (SSSR count). The molecule has 0 bridgehead atoms. The first kappa shape index (κ1) is 8.10. The molecule has 0 saturated heterocycles. The molecule has 9 heavy (non-hydrogen) atoms. The van der Waals surface area contributed by atoms with Crippen LogP contribution in [-0.4, -0.2) is 28.6 Å². The van der Waals surface area contributed by atoms with Crippen LogP contribution in [0, 0.1) is 5.92 Å². The fraction of sp³-hybridized carbons (Fsp3) is 0.600. The smallest absolute Gasteiger partial charge is 0.309 e. The maximum absolute atomic E-state index is 9.98.